The van der Waals surface area contributed by atoms with Crippen LogP contribution in [-0.4, -0.2) is 12.5 Å². The topological polar surface area (TPSA) is 47.6 Å². The summed E-state index contributed by atoms with van der Waals surface area (Å²) in [5.74, 6) is 1.91. The fraction of sp³-hybridized carbons (Fsp3) is 0.136. The summed E-state index contributed by atoms with van der Waals surface area (Å²) in [6.07, 6.45) is 0.741. The van der Waals surface area contributed by atoms with Gasteiger partial charge in [-0.3, -0.25) is 4.79 Å². The van der Waals surface area contributed by atoms with Gasteiger partial charge in [0.05, 0.1) is 18.2 Å². The molecule has 1 heterocycles. The summed E-state index contributed by atoms with van der Waals surface area (Å²) in [6.45, 7) is 0.587. The van der Waals surface area contributed by atoms with Gasteiger partial charge in [-0.2, -0.15) is 0 Å². The molecule has 0 radical (unpaired) electrons. The molecule has 4 heteroatoms. The monoisotopic (exact) mass is 345 g/mol. The van der Waals surface area contributed by atoms with Gasteiger partial charge < -0.3 is 14.8 Å². The molecule has 130 valence electrons. The predicted octanol–water partition coefficient (Wildman–Crippen LogP) is 4.73. The highest BCUT2D eigenvalue weighted by Gasteiger charge is 2.24. The van der Waals surface area contributed by atoms with Gasteiger partial charge in [0.1, 0.15) is 17.2 Å². The summed E-state index contributed by atoms with van der Waals surface area (Å²) >= 11 is 0. The lowest BCUT2D eigenvalue weighted by Gasteiger charge is -2.26. The number of carbonyl (C=O) groups is 1. The number of amides is 1. The zero-order valence-corrected chi connectivity index (χ0v) is 14.2. The van der Waals surface area contributed by atoms with E-state index in [0.717, 1.165) is 17.7 Å². The fourth-order valence-electron chi connectivity index (χ4n) is 3.09. The van der Waals surface area contributed by atoms with E-state index < -0.39 is 0 Å². The van der Waals surface area contributed by atoms with Crippen LogP contribution in [0.3, 0.4) is 0 Å². The van der Waals surface area contributed by atoms with Gasteiger partial charge in [0.25, 0.3) is 5.91 Å². The molecule has 0 aliphatic carbocycles. The van der Waals surface area contributed by atoms with Crippen LogP contribution in [0.25, 0.3) is 0 Å². The molecule has 0 saturated carbocycles. The Balaban J connectivity index is 1.56. The maximum atomic E-state index is 12.9. The Morgan fingerprint density at radius 1 is 0.923 bits per heavy atom. The van der Waals surface area contributed by atoms with Gasteiger partial charge >= 0.3 is 0 Å². The molecule has 0 aromatic heterocycles. The summed E-state index contributed by atoms with van der Waals surface area (Å²) in [7, 11) is 0. The molecule has 4 nitrogen and oxygen atoms in total. The molecule has 1 aliphatic rings. The third kappa shape index (κ3) is 3.40. The van der Waals surface area contributed by atoms with E-state index in [1.807, 2.05) is 66.7 Å². The number of benzene rings is 3. The molecular weight excluding hydrogens is 326 g/mol. The molecule has 4 rings (SSSR count). The zero-order chi connectivity index (χ0) is 17.8. The van der Waals surface area contributed by atoms with Crippen LogP contribution in [0.2, 0.25) is 0 Å². The first-order valence-corrected chi connectivity index (χ1v) is 8.66. The van der Waals surface area contributed by atoms with E-state index in [1.54, 1.807) is 12.1 Å². The summed E-state index contributed by atoms with van der Waals surface area (Å²) in [5.41, 5.74) is 1.52. The number of para-hydroxylation sites is 3. The number of rotatable bonds is 4. The van der Waals surface area contributed by atoms with E-state index in [4.69, 9.17) is 9.47 Å². The van der Waals surface area contributed by atoms with E-state index >= 15 is 0 Å². The van der Waals surface area contributed by atoms with Gasteiger partial charge in [0.2, 0.25) is 0 Å². The molecule has 3 aromatic carbocycles. The second-order valence-electron chi connectivity index (χ2n) is 6.11. The second kappa shape index (κ2) is 7.31. The van der Waals surface area contributed by atoms with E-state index in [1.165, 1.54) is 0 Å². The molecular formula is C22H19NO3. The van der Waals surface area contributed by atoms with E-state index in [9.17, 15) is 4.79 Å². The molecule has 0 saturated heterocycles. The third-order valence-electron chi connectivity index (χ3n) is 4.37. The summed E-state index contributed by atoms with van der Waals surface area (Å²) in [5, 5.41) is 3.12. The Hall–Kier alpha value is -3.27. The summed E-state index contributed by atoms with van der Waals surface area (Å²) < 4.78 is 11.6. The number of hydrogen-bond acceptors (Lipinski definition) is 3. The Kier molecular flexibility index (Phi) is 4.56. The van der Waals surface area contributed by atoms with Crippen molar-refractivity contribution in [3.8, 4) is 17.2 Å². The number of carbonyl (C=O) groups excluding carboxylic acids is 1. The van der Waals surface area contributed by atoms with Crippen LogP contribution in [-0.2, 0) is 0 Å². The predicted molar refractivity (Wildman–Crippen MR) is 99.7 cm³/mol. The third-order valence-corrected chi connectivity index (χ3v) is 4.37. The molecule has 26 heavy (non-hydrogen) atoms. The molecule has 0 spiro atoms. The van der Waals surface area contributed by atoms with Crippen molar-refractivity contribution in [1.29, 1.82) is 0 Å². The highest BCUT2D eigenvalue weighted by Crippen LogP contribution is 2.32. The van der Waals surface area contributed by atoms with Gasteiger partial charge in [-0.05, 0) is 30.3 Å². The van der Waals surface area contributed by atoms with Gasteiger partial charge in [-0.1, -0.05) is 48.5 Å². The summed E-state index contributed by atoms with van der Waals surface area (Å²) in [4.78, 5) is 12.9. The van der Waals surface area contributed by atoms with Crippen LogP contribution in [0.4, 0.5) is 0 Å². The van der Waals surface area contributed by atoms with E-state index in [-0.39, 0.29) is 11.9 Å². The summed E-state index contributed by atoms with van der Waals surface area (Å²) in [6, 6.07) is 24.5. The molecule has 3 aromatic rings. The smallest absolute Gasteiger partial charge is 0.255 e. The lowest BCUT2D eigenvalue weighted by atomic mass is 10.00. The lowest BCUT2D eigenvalue weighted by molar-refractivity contribution is 0.0922. The maximum Gasteiger partial charge on any atom is 0.255 e. The van der Waals surface area contributed by atoms with Crippen molar-refractivity contribution in [2.75, 3.05) is 6.61 Å². The van der Waals surface area contributed by atoms with Crippen LogP contribution in [0.15, 0.2) is 78.9 Å². The Bertz CT molecular complexity index is 908. The molecule has 1 atom stereocenters. The Morgan fingerprint density at radius 3 is 2.54 bits per heavy atom. The van der Waals surface area contributed by atoms with Crippen molar-refractivity contribution in [3.05, 3.63) is 90.0 Å². The second-order valence-corrected chi connectivity index (χ2v) is 6.11. The number of ether oxygens (including phenoxy) is 2. The standard InChI is InChI=1S/C22H19NO3/c24-22(23-19-14-15-25-20-12-6-4-10-17(19)20)18-11-5-7-13-21(18)26-16-8-2-1-3-9-16/h1-13,19H,14-15H2,(H,23,24)/t19-/m1/s1. The largest absolute Gasteiger partial charge is 0.493 e. The van der Waals surface area contributed by atoms with Crippen LogP contribution >= 0.6 is 0 Å². The molecule has 1 aliphatic heterocycles. The van der Waals surface area contributed by atoms with Crippen LogP contribution < -0.4 is 14.8 Å². The zero-order valence-electron chi connectivity index (χ0n) is 14.2. The van der Waals surface area contributed by atoms with Crippen LogP contribution in [0, 0.1) is 0 Å². The van der Waals surface area contributed by atoms with E-state index in [2.05, 4.69) is 5.32 Å². The van der Waals surface area contributed by atoms with Crippen molar-refractivity contribution in [1.82, 2.24) is 5.32 Å². The molecule has 0 bridgehead atoms. The Labute approximate surface area is 152 Å². The fourth-order valence-corrected chi connectivity index (χ4v) is 3.09. The molecule has 0 fully saturated rings. The van der Waals surface area contributed by atoms with Crippen LogP contribution in [0.1, 0.15) is 28.4 Å². The number of hydrogen-bond donors (Lipinski definition) is 1. The molecule has 1 amide bonds. The van der Waals surface area contributed by atoms with Gasteiger partial charge in [-0.15, -0.1) is 0 Å². The van der Waals surface area contributed by atoms with Crippen molar-refractivity contribution in [2.24, 2.45) is 0 Å². The first kappa shape index (κ1) is 16.2. The van der Waals surface area contributed by atoms with Crippen molar-refractivity contribution in [3.63, 3.8) is 0 Å². The lowest BCUT2D eigenvalue weighted by Crippen LogP contribution is -2.32. The van der Waals surface area contributed by atoms with Gasteiger partial charge in [0.15, 0.2) is 0 Å². The average molecular weight is 345 g/mol. The molecule has 1 N–H and O–H groups in total. The van der Waals surface area contributed by atoms with Crippen molar-refractivity contribution < 1.29 is 14.3 Å². The van der Waals surface area contributed by atoms with Crippen molar-refractivity contribution >= 4 is 5.91 Å². The van der Waals surface area contributed by atoms with Gasteiger partial charge in [0, 0.05) is 12.0 Å². The minimum atomic E-state index is -0.154. The minimum Gasteiger partial charge on any atom is -0.493 e. The SMILES string of the molecule is O=C(N[C@@H]1CCOc2ccccc21)c1ccccc1Oc1ccccc1. The minimum absolute atomic E-state index is 0.0720. The van der Waals surface area contributed by atoms with Crippen molar-refractivity contribution in [2.45, 2.75) is 12.5 Å². The maximum absolute atomic E-state index is 12.9. The van der Waals surface area contributed by atoms with Gasteiger partial charge in [-0.25, -0.2) is 0 Å². The highest BCUT2D eigenvalue weighted by atomic mass is 16.5. The molecule has 0 unspecified atom stereocenters. The Morgan fingerprint density at radius 2 is 1.65 bits per heavy atom. The number of fused-ring (bicyclic) bond motifs is 1. The first-order chi connectivity index (χ1) is 12.8. The first-order valence-electron chi connectivity index (χ1n) is 8.66. The number of nitrogens with one attached hydrogen (secondary N) is 1. The van der Waals surface area contributed by atoms with E-state index in [0.29, 0.717) is 23.7 Å². The normalized spacial score (nSPS) is 15.5. The highest BCUT2D eigenvalue weighted by molar-refractivity contribution is 5.97. The quantitative estimate of drug-likeness (QED) is 0.743. The van der Waals surface area contributed by atoms with Crippen LogP contribution in [0.5, 0.6) is 17.2 Å². The average Bonchev–Trinajstić information content (AvgIpc) is 2.69.